The van der Waals surface area contributed by atoms with Crippen LogP contribution in [0, 0.1) is 0 Å². The van der Waals surface area contributed by atoms with Crippen LogP contribution in [0.1, 0.15) is 81.8 Å². The molecule has 1 amide bonds. The van der Waals surface area contributed by atoms with Gasteiger partial charge in [0.1, 0.15) is 6.04 Å². The molecule has 1 heterocycles. The summed E-state index contributed by atoms with van der Waals surface area (Å²) >= 11 is 0. The third kappa shape index (κ3) is 7.89. The number of nitrogens with one attached hydrogen (secondary N) is 1. The second kappa shape index (κ2) is 12.7. The fourth-order valence-corrected chi connectivity index (χ4v) is 4.65. The predicted octanol–water partition coefficient (Wildman–Crippen LogP) is 6.06. The molecule has 0 saturated carbocycles. The summed E-state index contributed by atoms with van der Waals surface area (Å²) in [5, 5.41) is 16.7. The maximum atomic E-state index is 13.6. The Hall–Kier alpha value is -2.70. The first-order chi connectivity index (χ1) is 17.5. The molecule has 0 aliphatic heterocycles. The van der Waals surface area contributed by atoms with Gasteiger partial charge in [0.15, 0.2) is 0 Å². The number of hydrogen-bond donors (Lipinski definition) is 2. The number of alkyl halides is 2. The molecular formula is C28H36F2N3O3P. The summed E-state index contributed by atoms with van der Waals surface area (Å²) < 4.78 is 32.5. The summed E-state index contributed by atoms with van der Waals surface area (Å²) in [6.45, 7) is 5.82. The summed E-state index contributed by atoms with van der Waals surface area (Å²) in [6.07, 6.45) is 10.3. The second-order valence-corrected chi connectivity index (χ2v) is 10.7. The molecule has 2 aromatic rings. The van der Waals surface area contributed by atoms with E-state index in [0.717, 1.165) is 24.8 Å². The molecule has 1 unspecified atom stereocenters. The van der Waals surface area contributed by atoms with E-state index in [-0.39, 0.29) is 42.5 Å². The fourth-order valence-electron chi connectivity index (χ4n) is 4.42. The van der Waals surface area contributed by atoms with E-state index in [1.165, 1.54) is 11.6 Å². The van der Waals surface area contributed by atoms with Gasteiger partial charge in [-0.15, -0.1) is 0 Å². The maximum absolute atomic E-state index is 13.6. The molecule has 1 aliphatic carbocycles. The number of rotatable bonds is 11. The van der Waals surface area contributed by atoms with Gasteiger partial charge in [0.25, 0.3) is 11.6 Å². The average Bonchev–Trinajstić information content (AvgIpc) is 3.30. The first kappa shape index (κ1) is 28.9. The number of unbranched alkanes of at least 4 members (excludes halogenated alkanes) is 1. The van der Waals surface area contributed by atoms with Crippen LogP contribution in [0.3, 0.4) is 0 Å². The van der Waals surface area contributed by atoms with Gasteiger partial charge in [0.2, 0.25) is 11.7 Å². The Morgan fingerprint density at radius 3 is 2.73 bits per heavy atom. The lowest BCUT2D eigenvalue weighted by Gasteiger charge is -2.28. The van der Waals surface area contributed by atoms with E-state index in [9.17, 15) is 18.7 Å². The Morgan fingerprint density at radius 1 is 1.27 bits per heavy atom. The number of carbonyl (C=O) groups is 1. The number of halogens is 2. The zero-order valence-corrected chi connectivity index (χ0v) is 22.8. The van der Waals surface area contributed by atoms with Crippen LogP contribution in [0.25, 0.3) is 5.57 Å². The lowest BCUT2D eigenvalue weighted by Crippen LogP contribution is -2.35. The lowest BCUT2D eigenvalue weighted by molar-refractivity contribution is -0.123. The molecule has 3 rings (SSSR count). The predicted molar refractivity (Wildman–Crippen MR) is 144 cm³/mol. The quantitative estimate of drug-likeness (QED) is 0.272. The molecule has 200 valence electrons. The molecule has 0 bridgehead atoms. The number of hydrogen-bond acceptors (Lipinski definition) is 5. The summed E-state index contributed by atoms with van der Waals surface area (Å²) in [7, 11) is 1.56. The minimum atomic E-state index is -2.95. The Balaban J connectivity index is 1.69. The number of amides is 1. The number of benzene rings is 1. The van der Waals surface area contributed by atoms with Gasteiger partial charge in [-0.05, 0) is 42.2 Å². The minimum absolute atomic E-state index is 0.0248. The van der Waals surface area contributed by atoms with Gasteiger partial charge in [-0.25, -0.2) is 0 Å². The number of aryl methyl sites for hydroxylation is 1. The highest BCUT2D eigenvalue weighted by Crippen LogP contribution is 2.35. The van der Waals surface area contributed by atoms with E-state index in [4.69, 9.17) is 4.52 Å². The van der Waals surface area contributed by atoms with Gasteiger partial charge in [-0.2, -0.15) is 13.8 Å². The van der Waals surface area contributed by atoms with Crippen molar-refractivity contribution in [2.24, 2.45) is 0 Å². The number of aliphatic hydroxyl groups excluding tert-OH is 1. The van der Waals surface area contributed by atoms with E-state index in [1.54, 1.807) is 27.5 Å². The van der Waals surface area contributed by atoms with Crippen molar-refractivity contribution >= 4 is 20.7 Å². The van der Waals surface area contributed by atoms with Gasteiger partial charge in [0.05, 0.1) is 6.61 Å². The summed E-state index contributed by atoms with van der Waals surface area (Å²) in [5.74, 6) is 0.102. The van der Waals surface area contributed by atoms with Gasteiger partial charge in [0, 0.05) is 17.6 Å². The molecule has 0 saturated heterocycles. The summed E-state index contributed by atoms with van der Waals surface area (Å²) in [4.78, 5) is 17.4. The molecule has 37 heavy (non-hydrogen) atoms. The Kier molecular flexibility index (Phi) is 9.91. The topological polar surface area (TPSA) is 88.2 Å². The van der Waals surface area contributed by atoms with Crippen molar-refractivity contribution in [2.45, 2.75) is 76.4 Å². The average molecular weight is 532 g/mol. The number of nitrogens with zero attached hydrogens (tertiary/aromatic N) is 2. The molecule has 2 N–H and O–H groups in total. The molecule has 1 aliphatic rings. The van der Waals surface area contributed by atoms with Crippen molar-refractivity contribution in [2.75, 3.05) is 6.61 Å². The number of carbonyl (C=O) groups excluding carboxylic acids is 1. The largest absolute Gasteiger partial charge is 0.394 e. The van der Waals surface area contributed by atoms with Crippen LogP contribution in [-0.2, 0) is 16.6 Å². The summed E-state index contributed by atoms with van der Waals surface area (Å²) in [6, 6.07) is 7.33. The molecule has 0 fully saturated rings. The Morgan fingerprint density at radius 2 is 2.03 bits per heavy atom. The Bertz CT molecular complexity index is 1170. The highest BCUT2D eigenvalue weighted by molar-refractivity contribution is 7.18. The van der Waals surface area contributed by atoms with Gasteiger partial charge in [-0.1, -0.05) is 90.2 Å². The molecule has 9 heteroatoms. The molecule has 1 aromatic carbocycles. The number of allylic oxidation sites excluding steroid dienone is 6. The van der Waals surface area contributed by atoms with Crippen LogP contribution in [0.5, 0.6) is 0 Å². The van der Waals surface area contributed by atoms with Crippen molar-refractivity contribution in [3.05, 3.63) is 77.0 Å². The molecule has 2 atom stereocenters. The molecular weight excluding hydrogens is 495 g/mol. The van der Waals surface area contributed by atoms with Crippen LogP contribution < -0.4 is 5.32 Å². The highest BCUT2D eigenvalue weighted by atomic mass is 31.0. The summed E-state index contributed by atoms with van der Waals surface area (Å²) in [5.41, 5.74) is -0.344. The van der Waals surface area contributed by atoms with Crippen molar-refractivity contribution in [3.63, 3.8) is 0 Å². The number of aliphatic hydroxyl groups is 1. The van der Waals surface area contributed by atoms with E-state index in [1.807, 2.05) is 26.0 Å². The van der Waals surface area contributed by atoms with E-state index < -0.39 is 23.7 Å². The maximum Gasteiger partial charge on any atom is 0.280 e. The van der Waals surface area contributed by atoms with Gasteiger partial charge >= 0.3 is 0 Å². The smallest absolute Gasteiger partial charge is 0.280 e. The second-order valence-electron chi connectivity index (χ2n) is 9.93. The van der Waals surface area contributed by atoms with Gasteiger partial charge < -0.3 is 14.9 Å². The van der Waals surface area contributed by atoms with Crippen molar-refractivity contribution in [1.82, 2.24) is 15.5 Å². The lowest BCUT2D eigenvalue weighted by atomic mass is 9.78. The van der Waals surface area contributed by atoms with Crippen molar-refractivity contribution in [1.29, 1.82) is 0 Å². The van der Waals surface area contributed by atoms with Crippen LogP contribution in [0.4, 0.5) is 8.78 Å². The van der Waals surface area contributed by atoms with Gasteiger partial charge in [-0.3, -0.25) is 4.79 Å². The normalized spacial score (nSPS) is 17.7. The SMILES string of the molecule is CCCCc1ccccc1C(C)(C)CC(=O)N[C@H](CO)c1nc(C2=CC/C=C(/C(F)(F)P)C/C=C\2)no1. The minimum Gasteiger partial charge on any atom is -0.394 e. The van der Waals surface area contributed by atoms with Crippen molar-refractivity contribution in [3.8, 4) is 0 Å². The molecule has 0 radical (unpaired) electrons. The molecule has 1 aromatic heterocycles. The van der Waals surface area contributed by atoms with E-state index >= 15 is 0 Å². The Labute approximate surface area is 219 Å². The van der Waals surface area contributed by atoms with E-state index in [2.05, 4.69) is 34.5 Å². The van der Waals surface area contributed by atoms with Crippen LogP contribution in [0.15, 0.2) is 58.7 Å². The standard InChI is InChI=1S/C28H36F2N3O3P/c1-4-5-10-19-11-6-7-16-22(19)27(2,3)17-24(35)31-23(18-34)26-32-25(33-36-26)20-12-8-14-21(15-9-13-20)28(29,30)37/h6-8,11-13,15-16,23,34H,4-5,9-10,14,17-18,37H2,1-3H3,(H,31,35)/b12-8-,20-13?,21-15+/t23-/m1/s1. The monoisotopic (exact) mass is 531 g/mol. The van der Waals surface area contributed by atoms with Crippen LogP contribution in [-0.4, -0.2) is 33.4 Å². The van der Waals surface area contributed by atoms with Crippen LogP contribution >= 0.6 is 9.24 Å². The van der Waals surface area contributed by atoms with E-state index in [0.29, 0.717) is 5.57 Å². The molecule has 6 nitrogen and oxygen atoms in total. The van der Waals surface area contributed by atoms with Crippen LogP contribution in [0.2, 0.25) is 0 Å². The zero-order valence-electron chi connectivity index (χ0n) is 21.6. The molecule has 0 spiro atoms. The first-order valence-electron chi connectivity index (χ1n) is 12.6. The third-order valence-electron chi connectivity index (χ3n) is 6.43. The zero-order chi connectivity index (χ0) is 27.1. The number of aromatic nitrogens is 2. The fraction of sp³-hybridized carbons (Fsp3) is 0.464. The highest BCUT2D eigenvalue weighted by Gasteiger charge is 2.29. The van der Waals surface area contributed by atoms with Crippen molar-refractivity contribution < 1.29 is 23.2 Å². The first-order valence-corrected chi connectivity index (χ1v) is 13.2. The third-order valence-corrected chi connectivity index (χ3v) is 6.80.